The molecule has 0 fully saturated rings. The Kier molecular flexibility index (Phi) is 5.20. The zero-order valence-corrected chi connectivity index (χ0v) is 13.1. The minimum atomic E-state index is -0.224. The lowest BCUT2D eigenvalue weighted by Crippen LogP contribution is -2.30. The summed E-state index contributed by atoms with van der Waals surface area (Å²) in [4.78, 5) is 11.9. The SMILES string of the molecule is CCn1nc(C)c(NC(=O)NCCSc2cn[nH]n2)c1C. The molecular formula is C12H19N7OS. The van der Waals surface area contributed by atoms with Crippen LogP contribution in [0.15, 0.2) is 11.2 Å². The van der Waals surface area contributed by atoms with Crippen LogP contribution in [0.1, 0.15) is 18.3 Å². The Labute approximate surface area is 127 Å². The molecule has 3 N–H and O–H groups in total. The first kappa shape index (κ1) is 15.4. The maximum Gasteiger partial charge on any atom is 0.319 e. The van der Waals surface area contributed by atoms with Gasteiger partial charge in [-0.1, -0.05) is 0 Å². The van der Waals surface area contributed by atoms with Crippen LogP contribution in [0.4, 0.5) is 10.5 Å². The molecule has 114 valence electrons. The number of urea groups is 1. The molecule has 2 heterocycles. The van der Waals surface area contributed by atoms with Crippen LogP contribution in [0.25, 0.3) is 0 Å². The molecule has 0 bridgehead atoms. The molecule has 0 radical (unpaired) electrons. The lowest BCUT2D eigenvalue weighted by Gasteiger charge is -2.07. The fourth-order valence-electron chi connectivity index (χ4n) is 1.92. The normalized spacial score (nSPS) is 10.6. The van der Waals surface area contributed by atoms with Crippen molar-refractivity contribution in [2.45, 2.75) is 32.3 Å². The van der Waals surface area contributed by atoms with Crippen LogP contribution in [0.5, 0.6) is 0 Å². The number of nitrogens with one attached hydrogen (secondary N) is 3. The van der Waals surface area contributed by atoms with Crippen molar-refractivity contribution in [1.29, 1.82) is 0 Å². The number of hydrogen-bond donors (Lipinski definition) is 3. The number of carbonyl (C=O) groups excluding carboxylic acids is 1. The van der Waals surface area contributed by atoms with Gasteiger partial charge in [-0.15, -0.1) is 16.9 Å². The van der Waals surface area contributed by atoms with E-state index in [1.165, 1.54) is 11.8 Å². The van der Waals surface area contributed by atoms with Crippen LogP contribution in [0, 0.1) is 13.8 Å². The van der Waals surface area contributed by atoms with Crippen LogP contribution in [-0.4, -0.2) is 43.5 Å². The minimum Gasteiger partial charge on any atom is -0.337 e. The fraction of sp³-hybridized carbons (Fsp3) is 0.500. The molecule has 9 heteroatoms. The third kappa shape index (κ3) is 3.97. The monoisotopic (exact) mass is 309 g/mol. The van der Waals surface area contributed by atoms with Gasteiger partial charge in [0.2, 0.25) is 0 Å². The highest BCUT2D eigenvalue weighted by atomic mass is 32.2. The standard InChI is InChI=1S/C12H19N7OS/c1-4-19-9(3)11(8(2)17-19)15-12(20)13-5-6-21-10-7-14-18-16-10/h7H,4-6H2,1-3H3,(H2,13,15,20)(H,14,16,18). The number of aromatic nitrogens is 5. The second kappa shape index (κ2) is 7.11. The van der Waals surface area contributed by atoms with Gasteiger partial charge in [0.15, 0.2) is 0 Å². The summed E-state index contributed by atoms with van der Waals surface area (Å²) in [5.41, 5.74) is 2.56. The average Bonchev–Trinajstić information content (AvgIpc) is 3.07. The molecule has 0 aromatic carbocycles. The van der Waals surface area contributed by atoms with Crippen molar-refractivity contribution >= 4 is 23.5 Å². The van der Waals surface area contributed by atoms with E-state index in [1.807, 2.05) is 25.5 Å². The number of H-pyrrole nitrogens is 1. The molecular weight excluding hydrogens is 290 g/mol. The molecule has 0 atom stereocenters. The Morgan fingerprint density at radius 2 is 2.29 bits per heavy atom. The Morgan fingerprint density at radius 3 is 2.90 bits per heavy atom. The maximum atomic E-state index is 11.9. The number of aromatic amines is 1. The van der Waals surface area contributed by atoms with Gasteiger partial charge in [-0.25, -0.2) is 4.79 Å². The van der Waals surface area contributed by atoms with Gasteiger partial charge in [0.1, 0.15) is 5.03 Å². The minimum absolute atomic E-state index is 0.224. The van der Waals surface area contributed by atoms with Crippen LogP contribution in [0.2, 0.25) is 0 Å². The van der Waals surface area contributed by atoms with Crippen molar-refractivity contribution in [2.75, 3.05) is 17.6 Å². The van der Waals surface area contributed by atoms with Crippen LogP contribution in [0.3, 0.4) is 0 Å². The molecule has 2 rings (SSSR count). The number of anilines is 1. The van der Waals surface area contributed by atoms with Gasteiger partial charge in [-0.05, 0) is 20.8 Å². The summed E-state index contributed by atoms with van der Waals surface area (Å²) in [5, 5.41) is 21.0. The third-order valence-corrected chi connectivity index (χ3v) is 3.85. The van der Waals surface area contributed by atoms with Gasteiger partial charge in [0.25, 0.3) is 0 Å². The van der Waals surface area contributed by atoms with Crippen molar-refractivity contribution in [1.82, 2.24) is 30.5 Å². The van der Waals surface area contributed by atoms with Gasteiger partial charge >= 0.3 is 6.03 Å². The first-order valence-electron chi connectivity index (χ1n) is 6.69. The molecule has 21 heavy (non-hydrogen) atoms. The molecule has 0 saturated heterocycles. The first-order chi connectivity index (χ1) is 10.1. The van der Waals surface area contributed by atoms with Gasteiger partial charge in [-0.3, -0.25) is 4.68 Å². The van der Waals surface area contributed by atoms with E-state index >= 15 is 0 Å². The Balaban J connectivity index is 1.78. The maximum absolute atomic E-state index is 11.9. The number of nitrogens with zero attached hydrogens (tertiary/aromatic N) is 4. The highest BCUT2D eigenvalue weighted by Gasteiger charge is 2.12. The van der Waals surface area contributed by atoms with Gasteiger partial charge in [0.05, 0.1) is 23.3 Å². The van der Waals surface area contributed by atoms with E-state index in [0.717, 1.165) is 34.4 Å². The van der Waals surface area contributed by atoms with E-state index in [0.29, 0.717) is 6.54 Å². The second-order valence-electron chi connectivity index (χ2n) is 4.40. The van der Waals surface area contributed by atoms with E-state index in [1.54, 1.807) is 6.20 Å². The smallest absolute Gasteiger partial charge is 0.319 e. The summed E-state index contributed by atoms with van der Waals surface area (Å²) in [6, 6.07) is -0.224. The van der Waals surface area contributed by atoms with Gasteiger partial charge < -0.3 is 10.6 Å². The van der Waals surface area contributed by atoms with Crippen LogP contribution >= 0.6 is 11.8 Å². The van der Waals surface area contributed by atoms with Gasteiger partial charge in [-0.2, -0.15) is 15.4 Å². The predicted octanol–water partition coefficient (Wildman–Crippen LogP) is 1.55. The van der Waals surface area contributed by atoms with E-state index in [9.17, 15) is 4.79 Å². The molecule has 2 aromatic rings. The second-order valence-corrected chi connectivity index (χ2v) is 5.51. The molecule has 0 saturated carbocycles. The molecule has 0 aliphatic rings. The lowest BCUT2D eigenvalue weighted by molar-refractivity contribution is 0.252. The van der Waals surface area contributed by atoms with E-state index in [-0.39, 0.29) is 6.03 Å². The topological polar surface area (TPSA) is 101 Å². The summed E-state index contributed by atoms with van der Waals surface area (Å²) < 4.78 is 1.87. The molecule has 0 unspecified atom stereocenters. The molecule has 0 aliphatic carbocycles. The van der Waals surface area contributed by atoms with Crippen molar-refractivity contribution in [3.8, 4) is 0 Å². The van der Waals surface area contributed by atoms with E-state index < -0.39 is 0 Å². The molecule has 2 aromatic heterocycles. The molecule has 0 aliphatic heterocycles. The van der Waals surface area contributed by atoms with Crippen LogP contribution in [-0.2, 0) is 6.54 Å². The Hall–Kier alpha value is -2.03. The number of rotatable bonds is 6. The molecule has 8 nitrogen and oxygen atoms in total. The fourth-order valence-corrected chi connectivity index (χ4v) is 2.57. The van der Waals surface area contributed by atoms with Crippen molar-refractivity contribution in [2.24, 2.45) is 0 Å². The van der Waals surface area contributed by atoms with Gasteiger partial charge in [0, 0.05) is 18.8 Å². The van der Waals surface area contributed by atoms with Crippen molar-refractivity contribution < 1.29 is 4.79 Å². The molecule has 2 amide bonds. The van der Waals surface area contributed by atoms with E-state index in [4.69, 9.17) is 0 Å². The van der Waals surface area contributed by atoms with Crippen molar-refractivity contribution in [3.63, 3.8) is 0 Å². The summed E-state index contributed by atoms with van der Waals surface area (Å²) in [6.07, 6.45) is 1.65. The number of thioether (sulfide) groups is 1. The Morgan fingerprint density at radius 1 is 1.48 bits per heavy atom. The van der Waals surface area contributed by atoms with E-state index in [2.05, 4.69) is 31.1 Å². The first-order valence-corrected chi connectivity index (χ1v) is 7.67. The Bertz CT molecular complexity index is 593. The largest absolute Gasteiger partial charge is 0.337 e. The highest BCUT2D eigenvalue weighted by Crippen LogP contribution is 2.19. The van der Waals surface area contributed by atoms with Crippen LogP contribution < -0.4 is 10.6 Å². The number of aryl methyl sites for hydroxylation is 2. The number of amides is 2. The zero-order valence-electron chi connectivity index (χ0n) is 12.3. The zero-order chi connectivity index (χ0) is 15.2. The summed E-state index contributed by atoms with van der Waals surface area (Å²) in [6.45, 7) is 7.17. The lowest BCUT2D eigenvalue weighted by atomic mass is 10.3. The number of carbonyl (C=O) groups is 1. The third-order valence-electron chi connectivity index (χ3n) is 2.95. The number of hydrogen-bond acceptors (Lipinski definition) is 5. The summed E-state index contributed by atoms with van der Waals surface area (Å²) in [7, 11) is 0. The summed E-state index contributed by atoms with van der Waals surface area (Å²) in [5.74, 6) is 0.728. The highest BCUT2D eigenvalue weighted by molar-refractivity contribution is 7.99. The molecule has 0 spiro atoms. The summed E-state index contributed by atoms with van der Waals surface area (Å²) >= 11 is 1.53. The predicted molar refractivity (Wildman–Crippen MR) is 81.5 cm³/mol. The average molecular weight is 309 g/mol. The quantitative estimate of drug-likeness (QED) is 0.555. The van der Waals surface area contributed by atoms with Crippen molar-refractivity contribution in [3.05, 3.63) is 17.6 Å².